The van der Waals surface area contributed by atoms with Crippen LogP contribution in [0.15, 0.2) is 0 Å². The maximum absolute atomic E-state index is 5.99. The highest BCUT2D eigenvalue weighted by atomic mass is 16.5. The molecule has 3 fully saturated rings. The van der Waals surface area contributed by atoms with Crippen molar-refractivity contribution in [1.29, 1.82) is 0 Å². The first-order valence-electron chi connectivity index (χ1n) is 5.69. The second-order valence-electron chi connectivity index (χ2n) is 5.34. The summed E-state index contributed by atoms with van der Waals surface area (Å²) in [7, 11) is 0. The zero-order chi connectivity index (χ0) is 9.60. The Labute approximate surface area is 85.1 Å². The van der Waals surface area contributed by atoms with Gasteiger partial charge in [0.05, 0.1) is 25.9 Å². The fourth-order valence-corrected chi connectivity index (χ4v) is 2.56. The van der Waals surface area contributed by atoms with Crippen molar-refractivity contribution in [1.82, 2.24) is 5.32 Å². The maximum atomic E-state index is 5.99. The van der Waals surface area contributed by atoms with Gasteiger partial charge >= 0.3 is 0 Å². The molecule has 2 aliphatic heterocycles. The monoisotopic (exact) mass is 197 g/mol. The minimum atomic E-state index is 0.312. The highest BCUT2D eigenvalue weighted by Crippen LogP contribution is 2.43. The third-order valence-electron chi connectivity index (χ3n) is 3.94. The molecule has 1 aliphatic carbocycles. The zero-order valence-electron chi connectivity index (χ0n) is 8.79. The summed E-state index contributed by atoms with van der Waals surface area (Å²) in [6, 6.07) is 0. The molecule has 0 aromatic heterocycles. The minimum absolute atomic E-state index is 0.312. The summed E-state index contributed by atoms with van der Waals surface area (Å²) in [6.07, 6.45) is 1.71. The molecule has 2 saturated heterocycles. The highest BCUT2D eigenvalue weighted by Gasteiger charge is 2.45. The molecule has 3 atom stereocenters. The van der Waals surface area contributed by atoms with Gasteiger partial charge in [-0.15, -0.1) is 0 Å². The van der Waals surface area contributed by atoms with Crippen LogP contribution in [0.5, 0.6) is 0 Å². The van der Waals surface area contributed by atoms with E-state index in [0.29, 0.717) is 11.5 Å². The number of ether oxygens (including phenoxy) is 2. The van der Waals surface area contributed by atoms with Crippen molar-refractivity contribution in [3.05, 3.63) is 0 Å². The molecule has 3 aliphatic rings. The van der Waals surface area contributed by atoms with Crippen molar-refractivity contribution in [3.63, 3.8) is 0 Å². The Bertz CT molecular complexity index is 227. The van der Waals surface area contributed by atoms with E-state index >= 15 is 0 Å². The van der Waals surface area contributed by atoms with Crippen LogP contribution < -0.4 is 5.32 Å². The molecule has 0 aromatic carbocycles. The van der Waals surface area contributed by atoms with Crippen molar-refractivity contribution in [2.24, 2.45) is 17.3 Å². The first-order chi connectivity index (χ1) is 6.79. The van der Waals surface area contributed by atoms with Gasteiger partial charge in [0.1, 0.15) is 0 Å². The predicted octanol–water partition coefficient (Wildman–Crippen LogP) is 0.647. The molecule has 2 heterocycles. The number of hydrogen-bond donors (Lipinski definition) is 1. The highest BCUT2D eigenvalue weighted by molar-refractivity contribution is 4.96. The Balaban J connectivity index is 1.59. The van der Waals surface area contributed by atoms with E-state index in [1.165, 1.54) is 6.42 Å². The topological polar surface area (TPSA) is 30.5 Å². The van der Waals surface area contributed by atoms with E-state index in [0.717, 1.165) is 44.7 Å². The van der Waals surface area contributed by atoms with E-state index in [4.69, 9.17) is 9.47 Å². The molecule has 1 spiro atoms. The second-order valence-corrected chi connectivity index (χ2v) is 5.34. The Hall–Kier alpha value is -0.120. The van der Waals surface area contributed by atoms with Gasteiger partial charge in [-0.2, -0.15) is 0 Å². The Kier molecular flexibility index (Phi) is 2.08. The van der Waals surface area contributed by atoms with Gasteiger partial charge in [0.25, 0.3) is 0 Å². The molecular weight excluding hydrogens is 178 g/mol. The van der Waals surface area contributed by atoms with E-state index < -0.39 is 0 Å². The van der Waals surface area contributed by atoms with E-state index in [1.54, 1.807) is 0 Å². The van der Waals surface area contributed by atoms with Crippen LogP contribution in [0.3, 0.4) is 0 Å². The van der Waals surface area contributed by atoms with Crippen molar-refractivity contribution in [2.45, 2.75) is 19.4 Å². The average molecular weight is 197 g/mol. The Morgan fingerprint density at radius 1 is 1.29 bits per heavy atom. The number of nitrogens with one attached hydrogen (secondary N) is 1. The summed E-state index contributed by atoms with van der Waals surface area (Å²) in [6.45, 7) is 7.04. The first-order valence-corrected chi connectivity index (χ1v) is 5.69. The molecule has 0 aromatic rings. The van der Waals surface area contributed by atoms with Crippen molar-refractivity contribution in [2.75, 3.05) is 32.9 Å². The van der Waals surface area contributed by atoms with Gasteiger partial charge in [0.15, 0.2) is 0 Å². The molecular formula is C11H19NO2. The van der Waals surface area contributed by atoms with Gasteiger partial charge in [-0.05, 0) is 18.3 Å². The molecule has 0 amide bonds. The molecule has 3 heteroatoms. The lowest BCUT2D eigenvalue weighted by atomic mass is 9.84. The molecule has 1 saturated carbocycles. The minimum Gasteiger partial charge on any atom is -0.378 e. The molecule has 80 valence electrons. The third-order valence-corrected chi connectivity index (χ3v) is 3.94. The van der Waals surface area contributed by atoms with Gasteiger partial charge in [-0.3, -0.25) is 0 Å². The fraction of sp³-hybridized carbons (Fsp3) is 1.00. The van der Waals surface area contributed by atoms with Crippen molar-refractivity contribution >= 4 is 0 Å². The average Bonchev–Trinajstić information content (AvgIpc) is 2.83. The van der Waals surface area contributed by atoms with E-state index in [2.05, 4.69) is 12.2 Å². The van der Waals surface area contributed by atoms with Crippen LogP contribution in [-0.2, 0) is 9.47 Å². The quantitative estimate of drug-likeness (QED) is 0.669. The molecule has 0 bridgehead atoms. The predicted molar refractivity (Wildman–Crippen MR) is 53.1 cm³/mol. The smallest absolute Gasteiger partial charge is 0.0839 e. The van der Waals surface area contributed by atoms with Gasteiger partial charge < -0.3 is 14.8 Å². The first kappa shape index (κ1) is 9.13. The lowest BCUT2D eigenvalue weighted by molar-refractivity contribution is -0.0170. The summed E-state index contributed by atoms with van der Waals surface area (Å²) >= 11 is 0. The molecule has 3 rings (SSSR count). The van der Waals surface area contributed by atoms with Crippen molar-refractivity contribution in [3.8, 4) is 0 Å². The summed E-state index contributed by atoms with van der Waals surface area (Å²) < 4.78 is 11.7. The molecule has 0 radical (unpaired) electrons. The van der Waals surface area contributed by atoms with Crippen LogP contribution in [0.4, 0.5) is 0 Å². The summed E-state index contributed by atoms with van der Waals surface area (Å²) in [5, 5.41) is 3.31. The van der Waals surface area contributed by atoms with E-state index in [1.807, 2.05) is 0 Å². The van der Waals surface area contributed by atoms with Crippen molar-refractivity contribution < 1.29 is 9.47 Å². The van der Waals surface area contributed by atoms with Gasteiger partial charge in [-0.25, -0.2) is 0 Å². The van der Waals surface area contributed by atoms with E-state index in [9.17, 15) is 0 Å². The normalized spacial score (nSPS) is 45.6. The molecule has 3 nitrogen and oxygen atoms in total. The lowest BCUT2D eigenvalue weighted by Crippen LogP contribution is -2.58. The zero-order valence-corrected chi connectivity index (χ0v) is 8.79. The van der Waals surface area contributed by atoms with Gasteiger partial charge in [0, 0.05) is 18.5 Å². The standard InChI is InChI=1S/C11H19NO2/c1-8-2-9(8)10-3-13-6-11(7-14-10)4-12-5-11/h8-10,12H,2-7H2,1H3. The SMILES string of the molecule is CC1CC1C1COCC2(CNC2)CO1. The summed E-state index contributed by atoms with van der Waals surface area (Å²) in [4.78, 5) is 0. The van der Waals surface area contributed by atoms with Gasteiger partial charge in [0.2, 0.25) is 0 Å². The van der Waals surface area contributed by atoms with Crippen LogP contribution in [0.25, 0.3) is 0 Å². The van der Waals surface area contributed by atoms with Crippen LogP contribution in [-0.4, -0.2) is 39.0 Å². The Morgan fingerprint density at radius 2 is 2.07 bits per heavy atom. The van der Waals surface area contributed by atoms with E-state index in [-0.39, 0.29) is 0 Å². The molecule has 3 unspecified atom stereocenters. The summed E-state index contributed by atoms with van der Waals surface area (Å²) in [5.41, 5.74) is 0.312. The third kappa shape index (κ3) is 1.47. The van der Waals surface area contributed by atoms with Crippen LogP contribution in [0.1, 0.15) is 13.3 Å². The number of hydrogen-bond acceptors (Lipinski definition) is 3. The summed E-state index contributed by atoms with van der Waals surface area (Å²) in [5.74, 6) is 1.63. The lowest BCUT2D eigenvalue weighted by Gasteiger charge is -2.40. The maximum Gasteiger partial charge on any atom is 0.0839 e. The Morgan fingerprint density at radius 3 is 2.64 bits per heavy atom. The molecule has 14 heavy (non-hydrogen) atoms. The van der Waals surface area contributed by atoms with Crippen LogP contribution in [0, 0.1) is 17.3 Å². The molecule has 1 N–H and O–H groups in total. The number of rotatable bonds is 1. The van der Waals surface area contributed by atoms with Crippen LogP contribution in [0.2, 0.25) is 0 Å². The largest absolute Gasteiger partial charge is 0.378 e. The van der Waals surface area contributed by atoms with Crippen LogP contribution >= 0.6 is 0 Å². The second kappa shape index (κ2) is 3.19. The fourth-order valence-electron chi connectivity index (χ4n) is 2.56. The van der Waals surface area contributed by atoms with Gasteiger partial charge in [-0.1, -0.05) is 6.92 Å².